The van der Waals surface area contributed by atoms with Crippen LogP contribution in [-0.4, -0.2) is 11.7 Å². The van der Waals surface area contributed by atoms with Crippen LogP contribution in [0.15, 0.2) is 36.0 Å². The number of allylic oxidation sites excluding steroid dienone is 3. The highest BCUT2D eigenvalue weighted by atomic mass is 16.5. The second kappa shape index (κ2) is 6.20. The second-order valence-electron chi connectivity index (χ2n) is 5.72. The van der Waals surface area contributed by atoms with Crippen LogP contribution in [-0.2, 0) is 4.74 Å². The van der Waals surface area contributed by atoms with Gasteiger partial charge in [0.25, 0.3) is 0 Å². The molecular weight excluding hydrogens is 208 g/mol. The zero-order valence-corrected chi connectivity index (χ0v) is 11.8. The van der Waals surface area contributed by atoms with Crippen molar-refractivity contribution >= 4 is 0 Å². The van der Waals surface area contributed by atoms with E-state index in [1.165, 1.54) is 24.8 Å². The third kappa shape index (κ3) is 4.91. The molecule has 17 heavy (non-hydrogen) atoms. The van der Waals surface area contributed by atoms with Gasteiger partial charge in [0.1, 0.15) is 0 Å². The van der Waals surface area contributed by atoms with Crippen molar-refractivity contribution in [2.24, 2.45) is 0 Å². The first kappa shape index (κ1) is 14.2. The van der Waals surface area contributed by atoms with Gasteiger partial charge in [0, 0.05) is 0 Å². The van der Waals surface area contributed by atoms with Gasteiger partial charge in [0.2, 0.25) is 0 Å². The zero-order valence-electron chi connectivity index (χ0n) is 11.8. The van der Waals surface area contributed by atoms with Crippen LogP contribution >= 0.6 is 0 Å². The van der Waals surface area contributed by atoms with Crippen molar-refractivity contribution in [1.82, 2.24) is 0 Å². The van der Waals surface area contributed by atoms with Gasteiger partial charge in [-0.05, 0) is 38.3 Å². The Morgan fingerprint density at radius 3 is 2.47 bits per heavy atom. The smallest absolute Gasteiger partial charge is 0.0837 e. The summed E-state index contributed by atoms with van der Waals surface area (Å²) in [4.78, 5) is 0. The van der Waals surface area contributed by atoms with Gasteiger partial charge >= 0.3 is 0 Å². The van der Waals surface area contributed by atoms with E-state index >= 15 is 0 Å². The Bertz CT molecular complexity index is 315. The van der Waals surface area contributed by atoms with E-state index in [1.807, 2.05) is 0 Å². The summed E-state index contributed by atoms with van der Waals surface area (Å²) in [7, 11) is 0. The minimum absolute atomic E-state index is 0.0966. The van der Waals surface area contributed by atoms with Gasteiger partial charge in [0.15, 0.2) is 0 Å². The van der Waals surface area contributed by atoms with Crippen molar-refractivity contribution in [2.45, 2.75) is 65.1 Å². The third-order valence-corrected chi connectivity index (χ3v) is 2.86. The van der Waals surface area contributed by atoms with Crippen LogP contribution in [0, 0.1) is 0 Å². The fourth-order valence-electron chi connectivity index (χ4n) is 2.07. The first-order valence-corrected chi connectivity index (χ1v) is 6.69. The van der Waals surface area contributed by atoms with Gasteiger partial charge in [-0.2, -0.15) is 0 Å². The monoisotopic (exact) mass is 234 g/mol. The Balaban J connectivity index is 2.62. The molecule has 1 rings (SSSR count). The molecule has 0 N–H and O–H groups in total. The van der Waals surface area contributed by atoms with Crippen LogP contribution in [0.1, 0.15) is 53.4 Å². The van der Waals surface area contributed by atoms with E-state index in [2.05, 4.69) is 52.5 Å². The molecule has 0 saturated carbocycles. The molecule has 0 spiro atoms. The number of rotatable bonds is 6. The Labute approximate surface area is 106 Å². The maximum atomic E-state index is 6.17. The molecule has 0 fully saturated rings. The second-order valence-corrected chi connectivity index (χ2v) is 5.72. The Morgan fingerprint density at radius 2 is 2.00 bits per heavy atom. The first-order valence-electron chi connectivity index (χ1n) is 6.69. The summed E-state index contributed by atoms with van der Waals surface area (Å²) in [6.45, 7) is 12.7. The van der Waals surface area contributed by atoms with Crippen LogP contribution in [0.5, 0.6) is 0 Å². The molecule has 0 saturated heterocycles. The van der Waals surface area contributed by atoms with Crippen molar-refractivity contribution in [2.75, 3.05) is 0 Å². The summed E-state index contributed by atoms with van der Waals surface area (Å²) >= 11 is 0. The maximum Gasteiger partial charge on any atom is 0.0837 e. The lowest BCUT2D eigenvalue weighted by atomic mass is 9.98. The highest BCUT2D eigenvalue weighted by molar-refractivity contribution is 5.48. The van der Waals surface area contributed by atoms with E-state index in [9.17, 15) is 0 Å². The summed E-state index contributed by atoms with van der Waals surface area (Å²) in [5.74, 6) is 0. The molecule has 1 aliphatic rings. The topological polar surface area (TPSA) is 9.23 Å². The molecule has 0 aromatic carbocycles. The Morgan fingerprint density at radius 1 is 1.29 bits per heavy atom. The Hall–Kier alpha value is -0.820. The minimum Gasteiger partial charge on any atom is -0.368 e. The van der Waals surface area contributed by atoms with Crippen LogP contribution in [0.25, 0.3) is 0 Å². The van der Waals surface area contributed by atoms with Crippen LogP contribution in [0.2, 0.25) is 0 Å². The summed E-state index contributed by atoms with van der Waals surface area (Å²) in [6.07, 6.45) is 11.3. The molecule has 0 bridgehead atoms. The van der Waals surface area contributed by atoms with Gasteiger partial charge in [-0.3, -0.25) is 0 Å². The molecule has 0 aromatic heterocycles. The SMILES string of the molecule is C=C1C=CC=C1C(CCCCC)OC(C)(C)C. The fraction of sp³-hybridized carbons (Fsp3) is 0.625. The van der Waals surface area contributed by atoms with Crippen molar-refractivity contribution < 1.29 is 4.74 Å². The van der Waals surface area contributed by atoms with E-state index in [4.69, 9.17) is 4.74 Å². The lowest BCUT2D eigenvalue weighted by Crippen LogP contribution is -2.29. The molecule has 0 amide bonds. The lowest BCUT2D eigenvalue weighted by Gasteiger charge is -2.29. The molecule has 0 aliphatic heterocycles. The van der Waals surface area contributed by atoms with Gasteiger partial charge in [0.05, 0.1) is 11.7 Å². The average Bonchev–Trinajstić information content (AvgIpc) is 2.61. The summed E-state index contributed by atoms with van der Waals surface area (Å²) in [5.41, 5.74) is 2.27. The van der Waals surface area contributed by atoms with E-state index in [0.717, 1.165) is 12.0 Å². The highest BCUT2D eigenvalue weighted by Crippen LogP contribution is 2.28. The molecule has 1 aliphatic carbocycles. The molecule has 0 heterocycles. The first-order chi connectivity index (χ1) is 7.94. The lowest BCUT2D eigenvalue weighted by molar-refractivity contribution is -0.0455. The largest absolute Gasteiger partial charge is 0.368 e. The Kier molecular flexibility index (Phi) is 5.20. The zero-order chi connectivity index (χ0) is 12.9. The van der Waals surface area contributed by atoms with E-state index in [0.29, 0.717) is 0 Å². The maximum absolute atomic E-state index is 6.17. The molecule has 1 atom stereocenters. The molecule has 0 radical (unpaired) electrons. The van der Waals surface area contributed by atoms with Crippen LogP contribution in [0.4, 0.5) is 0 Å². The normalized spacial score (nSPS) is 17.4. The molecule has 1 heteroatoms. The predicted octanol–water partition coefficient (Wildman–Crippen LogP) is 4.80. The predicted molar refractivity (Wildman–Crippen MR) is 75.1 cm³/mol. The number of unbranched alkanes of at least 4 members (excludes halogenated alkanes) is 2. The van der Waals surface area contributed by atoms with Crippen molar-refractivity contribution in [1.29, 1.82) is 0 Å². The standard InChI is InChI=1S/C16H26O/c1-6-7-8-12-15(17-16(3,4)5)14-11-9-10-13(14)2/h9-11,15H,2,6-8,12H2,1,3-5H3. The molecular formula is C16H26O. The summed E-state index contributed by atoms with van der Waals surface area (Å²) < 4.78 is 6.17. The van der Waals surface area contributed by atoms with E-state index in [1.54, 1.807) is 0 Å². The quantitative estimate of drug-likeness (QED) is 0.600. The number of hydrogen-bond acceptors (Lipinski definition) is 1. The average molecular weight is 234 g/mol. The fourth-order valence-corrected chi connectivity index (χ4v) is 2.07. The number of hydrogen-bond donors (Lipinski definition) is 0. The van der Waals surface area contributed by atoms with Gasteiger partial charge in [-0.25, -0.2) is 0 Å². The summed E-state index contributed by atoms with van der Waals surface area (Å²) in [6, 6.07) is 0. The summed E-state index contributed by atoms with van der Waals surface area (Å²) in [5, 5.41) is 0. The molecule has 0 aromatic rings. The molecule has 96 valence electrons. The number of ether oxygens (including phenoxy) is 1. The van der Waals surface area contributed by atoms with Gasteiger partial charge in [-0.1, -0.05) is 51.0 Å². The van der Waals surface area contributed by atoms with E-state index in [-0.39, 0.29) is 11.7 Å². The third-order valence-electron chi connectivity index (χ3n) is 2.86. The van der Waals surface area contributed by atoms with Crippen LogP contribution in [0.3, 0.4) is 0 Å². The molecule has 1 unspecified atom stereocenters. The minimum atomic E-state index is -0.0966. The van der Waals surface area contributed by atoms with Crippen molar-refractivity contribution in [3.8, 4) is 0 Å². The molecule has 1 nitrogen and oxygen atoms in total. The highest BCUT2D eigenvalue weighted by Gasteiger charge is 2.23. The van der Waals surface area contributed by atoms with Gasteiger partial charge in [-0.15, -0.1) is 0 Å². The van der Waals surface area contributed by atoms with Crippen LogP contribution < -0.4 is 0 Å². The van der Waals surface area contributed by atoms with Gasteiger partial charge < -0.3 is 4.74 Å². The van der Waals surface area contributed by atoms with E-state index < -0.39 is 0 Å². The van der Waals surface area contributed by atoms with Crippen molar-refractivity contribution in [3.63, 3.8) is 0 Å². The van der Waals surface area contributed by atoms with Crippen molar-refractivity contribution in [3.05, 3.63) is 36.0 Å².